The Morgan fingerprint density at radius 3 is 2.35 bits per heavy atom. The van der Waals surface area contributed by atoms with Crippen molar-refractivity contribution in [2.24, 2.45) is 0 Å². The lowest BCUT2D eigenvalue weighted by atomic mass is 9.95. The SMILES string of the molecule is CCc1ccccc1NC(=O)c1cccc(C(=O)NC2CCCCC2)c1. The minimum absolute atomic E-state index is 0.0968. The summed E-state index contributed by atoms with van der Waals surface area (Å²) in [6.45, 7) is 2.06. The van der Waals surface area contributed by atoms with Crippen molar-refractivity contribution in [3.63, 3.8) is 0 Å². The molecule has 0 aromatic heterocycles. The van der Waals surface area contributed by atoms with Crippen LogP contribution in [0.15, 0.2) is 48.5 Å². The molecule has 0 aliphatic heterocycles. The molecular formula is C22H26N2O2. The molecule has 0 heterocycles. The number of hydrogen-bond donors (Lipinski definition) is 2. The van der Waals surface area contributed by atoms with Crippen LogP contribution in [-0.4, -0.2) is 17.9 Å². The first-order valence-corrected chi connectivity index (χ1v) is 9.47. The van der Waals surface area contributed by atoms with Crippen LogP contribution in [0.3, 0.4) is 0 Å². The standard InChI is InChI=1S/C22H26N2O2/c1-2-16-9-6-7-14-20(16)24-22(26)18-11-8-10-17(15-18)21(25)23-19-12-4-3-5-13-19/h6-11,14-15,19H,2-5,12-13H2,1H3,(H,23,25)(H,24,26). The molecule has 26 heavy (non-hydrogen) atoms. The molecule has 3 rings (SSSR count). The molecule has 2 aromatic carbocycles. The number of nitrogens with one attached hydrogen (secondary N) is 2. The Labute approximate surface area is 155 Å². The van der Waals surface area contributed by atoms with Gasteiger partial charge < -0.3 is 10.6 Å². The molecule has 1 aliphatic rings. The Balaban J connectivity index is 1.69. The summed E-state index contributed by atoms with van der Waals surface area (Å²) in [5.41, 5.74) is 2.93. The quantitative estimate of drug-likeness (QED) is 0.830. The second-order valence-corrected chi connectivity index (χ2v) is 6.85. The van der Waals surface area contributed by atoms with E-state index in [0.29, 0.717) is 11.1 Å². The molecule has 1 aliphatic carbocycles. The van der Waals surface area contributed by atoms with Gasteiger partial charge >= 0.3 is 0 Å². The van der Waals surface area contributed by atoms with Crippen LogP contribution >= 0.6 is 0 Å². The summed E-state index contributed by atoms with van der Waals surface area (Å²) in [6.07, 6.45) is 6.52. The fraction of sp³-hybridized carbons (Fsp3) is 0.364. The number of rotatable bonds is 5. The van der Waals surface area contributed by atoms with Crippen LogP contribution < -0.4 is 10.6 Å². The van der Waals surface area contributed by atoms with E-state index in [-0.39, 0.29) is 17.9 Å². The molecule has 136 valence electrons. The van der Waals surface area contributed by atoms with Gasteiger partial charge in [-0.25, -0.2) is 0 Å². The van der Waals surface area contributed by atoms with Gasteiger partial charge in [-0.3, -0.25) is 9.59 Å². The zero-order valence-corrected chi connectivity index (χ0v) is 15.3. The van der Waals surface area contributed by atoms with E-state index < -0.39 is 0 Å². The van der Waals surface area contributed by atoms with Crippen LogP contribution in [-0.2, 0) is 6.42 Å². The molecule has 4 heteroatoms. The molecule has 0 saturated heterocycles. The van der Waals surface area contributed by atoms with Gasteiger partial charge in [-0.2, -0.15) is 0 Å². The molecule has 2 aromatic rings. The van der Waals surface area contributed by atoms with Crippen molar-refractivity contribution in [2.75, 3.05) is 5.32 Å². The number of carbonyl (C=O) groups excluding carboxylic acids is 2. The Bertz CT molecular complexity index is 779. The van der Waals surface area contributed by atoms with E-state index in [1.54, 1.807) is 24.3 Å². The van der Waals surface area contributed by atoms with Crippen LogP contribution in [0.5, 0.6) is 0 Å². The molecule has 1 saturated carbocycles. The summed E-state index contributed by atoms with van der Waals surface area (Å²) in [4.78, 5) is 25.1. The lowest BCUT2D eigenvalue weighted by Gasteiger charge is -2.22. The number of amides is 2. The van der Waals surface area contributed by atoms with E-state index in [4.69, 9.17) is 0 Å². The number of para-hydroxylation sites is 1. The number of benzene rings is 2. The van der Waals surface area contributed by atoms with Crippen LogP contribution in [0, 0.1) is 0 Å². The van der Waals surface area contributed by atoms with Crippen molar-refractivity contribution < 1.29 is 9.59 Å². The maximum atomic E-state index is 12.6. The highest BCUT2D eigenvalue weighted by atomic mass is 16.2. The van der Waals surface area contributed by atoms with Gasteiger partial charge in [0.2, 0.25) is 0 Å². The van der Waals surface area contributed by atoms with E-state index in [0.717, 1.165) is 30.5 Å². The Kier molecular flexibility index (Phi) is 6.05. The van der Waals surface area contributed by atoms with E-state index in [9.17, 15) is 9.59 Å². The molecule has 2 N–H and O–H groups in total. The van der Waals surface area contributed by atoms with Crippen molar-refractivity contribution in [1.29, 1.82) is 0 Å². The maximum Gasteiger partial charge on any atom is 0.255 e. The maximum absolute atomic E-state index is 12.6. The zero-order chi connectivity index (χ0) is 18.4. The third-order valence-corrected chi connectivity index (χ3v) is 4.97. The number of carbonyl (C=O) groups is 2. The van der Waals surface area contributed by atoms with Crippen molar-refractivity contribution in [1.82, 2.24) is 5.32 Å². The minimum atomic E-state index is -0.196. The molecule has 0 atom stereocenters. The summed E-state index contributed by atoms with van der Waals surface area (Å²) in [7, 11) is 0. The average molecular weight is 350 g/mol. The molecule has 1 fully saturated rings. The summed E-state index contributed by atoms with van der Waals surface area (Å²) < 4.78 is 0. The molecule has 0 spiro atoms. The fourth-order valence-electron chi connectivity index (χ4n) is 3.46. The normalized spacial score (nSPS) is 14.7. The average Bonchev–Trinajstić information content (AvgIpc) is 2.69. The third-order valence-electron chi connectivity index (χ3n) is 4.97. The van der Waals surface area contributed by atoms with Crippen molar-refractivity contribution in [2.45, 2.75) is 51.5 Å². The Morgan fingerprint density at radius 1 is 0.923 bits per heavy atom. The molecule has 0 unspecified atom stereocenters. The molecule has 0 radical (unpaired) electrons. The van der Waals surface area contributed by atoms with Gasteiger partial charge in [-0.15, -0.1) is 0 Å². The van der Waals surface area contributed by atoms with Gasteiger partial charge in [0.05, 0.1) is 0 Å². The van der Waals surface area contributed by atoms with Crippen LogP contribution in [0.2, 0.25) is 0 Å². The Morgan fingerprint density at radius 2 is 1.62 bits per heavy atom. The van der Waals surface area contributed by atoms with Crippen molar-refractivity contribution >= 4 is 17.5 Å². The van der Waals surface area contributed by atoms with Crippen molar-refractivity contribution in [3.05, 3.63) is 65.2 Å². The van der Waals surface area contributed by atoms with Gasteiger partial charge in [0.15, 0.2) is 0 Å². The smallest absolute Gasteiger partial charge is 0.255 e. The van der Waals surface area contributed by atoms with Crippen molar-refractivity contribution in [3.8, 4) is 0 Å². The fourth-order valence-corrected chi connectivity index (χ4v) is 3.46. The topological polar surface area (TPSA) is 58.2 Å². The lowest BCUT2D eigenvalue weighted by Crippen LogP contribution is -2.36. The molecule has 4 nitrogen and oxygen atoms in total. The van der Waals surface area contributed by atoms with Crippen LogP contribution in [0.25, 0.3) is 0 Å². The molecule has 2 amide bonds. The van der Waals surface area contributed by atoms with Crippen LogP contribution in [0.4, 0.5) is 5.69 Å². The largest absolute Gasteiger partial charge is 0.349 e. The van der Waals surface area contributed by atoms with E-state index in [2.05, 4.69) is 17.6 Å². The highest BCUT2D eigenvalue weighted by molar-refractivity contribution is 6.06. The third kappa shape index (κ3) is 4.51. The number of aryl methyl sites for hydroxylation is 1. The lowest BCUT2D eigenvalue weighted by molar-refractivity contribution is 0.0927. The Hall–Kier alpha value is -2.62. The van der Waals surface area contributed by atoms with E-state index in [1.165, 1.54) is 19.3 Å². The highest BCUT2D eigenvalue weighted by Gasteiger charge is 2.17. The number of anilines is 1. The molecule has 0 bridgehead atoms. The minimum Gasteiger partial charge on any atom is -0.349 e. The predicted octanol–water partition coefficient (Wildman–Crippen LogP) is 4.56. The first-order valence-electron chi connectivity index (χ1n) is 9.47. The number of hydrogen-bond acceptors (Lipinski definition) is 2. The monoisotopic (exact) mass is 350 g/mol. The van der Waals surface area contributed by atoms with Gasteiger partial charge in [0.25, 0.3) is 11.8 Å². The predicted molar refractivity (Wildman–Crippen MR) is 105 cm³/mol. The van der Waals surface area contributed by atoms with Gasteiger partial charge in [-0.05, 0) is 49.1 Å². The second-order valence-electron chi connectivity index (χ2n) is 6.85. The summed E-state index contributed by atoms with van der Waals surface area (Å²) in [5.74, 6) is -0.293. The summed E-state index contributed by atoms with van der Waals surface area (Å²) in [6, 6.07) is 15.0. The first kappa shape index (κ1) is 18.2. The molecular weight excluding hydrogens is 324 g/mol. The zero-order valence-electron chi connectivity index (χ0n) is 15.3. The van der Waals surface area contributed by atoms with Gasteiger partial charge in [0.1, 0.15) is 0 Å². The van der Waals surface area contributed by atoms with E-state index in [1.807, 2.05) is 24.3 Å². The first-order chi connectivity index (χ1) is 12.7. The summed E-state index contributed by atoms with van der Waals surface area (Å²) in [5, 5.41) is 6.05. The van der Waals surface area contributed by atoms with Crippen LogP contribution in [0.1, 0.15) is 65.3 Å². The highest BCUT2D eigenvalue weighted by Crippen LogP contribution is 2.19. The van der Waals surface area contributed by atoms with E-state index >= 15 is 0 Å². The summed E-state index contributed by atoms with van der Waals surface area (Å²) >= 11 is 0. The second kappa shape index (κ2) is 8.65. The van der Waals surface area contributed by atoms with Gasteiger partial charge in [0, 0.05) is 22.9 Å². The van der Waals surface area contributed by atoms with Gasteiger partial charge in [-0.1, -0.05) is 50.5 Å².